The Labute approximate surface area is 273 Å². The molecule has 1 N–H and O–H groups in total. The molecule has 12 heteroatoms. The Morgan fingerprint density at radius 3 is 2.04 bits per heavy atom. The molecule has 3 aromatic rings. The molecule has 1 aliphatic heterocycles. The van der Waals surface area contributed by atoms with Gasteiger partial charge in [-0.15, -0.1) is 0 Å². The maximum Gasteiger partial charge on any atom is 0.337 e. The molecule has 1 aliphatic rings. The number of esters is 2. The van der Waals surface area contributed by atoms with Gasteiger partial charge in [0, 0.05) is 42.2 Å². The summed E-state index contributed by atoms with van der Waals surface area (Å²) in [4.78, 5) is 40.7. The van der Waals surface area contributed by atoms with Crippen LogP contribution in [-0.4, -0.2) is 63.8 Å². The first-order valence-corrected chi connectivity index (χ1v) is 14.8. The van der Waals surface area contributed by atoms with Crippen molar-refractivity contribution in [3.63, 3.8) is 0 Å². The van der Waals surface area contributed by atoms with Crippen LogP contribution in [0.25, 0.3) is 0 Å². The highest BCUT2D eigenvalue weighted by molar-refractivity contribution is 6.00. The van der Waals surface area contributed by atoms with Gasteiger partial charge in [0.25, 0.3) is 5.69 Å². The van der Waals surface area contributed by atoms with Crippen LogP contribution < -0.4 is 19.5 Å². The van der Waals surface area contributed by atoms with Crippen LogP contribution in [0.5, 0.6) is 17.2 Å². The van der Waals surface area contributed by atoms with Crippen molar-refractivity contribution in [2.24, 2.45) is 0 Å². The normalized spacial score (nSPS) is 15.1. The number of likely N-dealkylation sites (N-methyl/N-ethyl adjacent to an activating group) is 1. The average molecular weight is 646 g/mol. The first-order valence-electron chi connectivity index (χ1n) is 14.8. The molecule has 0 radical (unpaired) electrons. The first kappa shape index (κ1) is 34.5. The van der Waals surface area contributed by atoms with Gasteiger partial charge in [-0.3, -0.25) is 15.0 Å². The lowest BCUT2D eigenvalue weighted by Gasteiger charge is -2.32. The predicted molar refractivity (Wildman–Crippen MR) is 174 cm³/mol. The number of nitro groups is 1. The Bertz CT molecular complexity index is 1680. The van der Waals surface area contributed by atoms with Crippen LogP contribution in [0.15, 0.2) is 89.3 Å². The molecule has 0 amide bonds. The maximum atomic E-state index is 14.4. The largest absolute Gasteiger partial charge is 0.493 e. The van der Waals surface area contributed by atoms with E-state index in [0.29, 0.717) is 46.3 Å². The van der Waals surface area contributed by atoms with E-state index in [4.69, 9.17) is 23.7 Å². The molecular formula is C35H39N3O9. The lowest BCUT2D eigenvalue weighted by molar-refractivity contribution is -0.384. The molecule has 47 heavy (non-hydrogen) atoms. The van der Waals surface area contributed by atoms with Crippen LogP contribution in [0.4, 0.5) is 5.69 Å². The Kier molecular flexibility index (Phi) is 11.2. The number of hydrogen-bond donors (Lipinski definition) is 1. The highest BCUT2D eigenvalue weighted by Crippen LogP contribution is 2.43. The van der Waals surface area contributed by atoms with Crippen molar-refractivity contribution < 1.29 is 38.2 Å². The number of allylic oxidation sites excluding steroid dienone is 2. The van der Waals surface area contributed by atoms with Crippen molar-refractivity contribution in [1.82, 2.24) is 10.2 Å². The monoisotopic (exact) mass is 645 g/mol. The van der Waals surface area contributed by atoms with E-state index in [-0.39, 0.29) is 23.4 Å². The number of methoxy groups -OCH3 is 4. The van der Waals surface area contributed by atoms with Gasteiger partial charge in [0.15, 0.2) is 11.5 Å². The highest BCUT2D eigenvalue weighted by Gasteiger charge is 2.39. The number of ether oxygens (including phenoxy) is 5. The number of carbonyl (C=O) groups excluding carboxylic acids is 2. The van der Waals surface area contributed by atoms with Crippen molar-refractivity contribution in [3.05, 3.63) is 116 Å². The van der Waals surface area contributed by atoms with Crippen LogP contribution in [0.3, 0.4) is 0 Å². The molecule has 12 nitrogen and oxygen atoms in total. The van der Waals surface area contributed by atoms with Crippen molar-refractivity contribution >= 4 is 17.6 Å². The molecular weight excluding hydrogens is 606 g/mol. The summed E-state index contributed by atoms with van der Waals surface area (Å²) >= 11 is 0. The zero-order chi connectivity index (χ0) is 34.2. The summed E-state index contributed by atoms with van der Waals surface area (Å²) in [6, 6.07) is 19.1. The van der Waals surface area contributed by atoms with Crippen molar-refractivity contribution in [2.45, 2.75) is 32.4 Å². The molecule has 0 bridgehead atoms. The van der Waals surface area contributed by atoms with Gasteiger partial charge < -0.3 is 29.0 Å². The molecule has 0 saturated carbocycles. The van der Waals surface area contributed by atoms with E-state index in [0.717, 1.165) is 5.56 Å². The zero-order valence-corrected chi connectivity index (χ0v) is 27.5. The molecule has 248 valence electrons. The van der Waals surface area contributed by atoms with E-state index in [1.54, 1.807) is 32.0 Å². The summed E-state index contributed by atoms with van der Waals surface area (Å²) in [5.41, 5.74) is 2.93. The molecule has 0 spiro atoms. The number of rotatable bonds is 13. The van der Waals surface area contributed by atoms with Crippen molar-refractivity contribution in [3.8, 4) is 17.2 Å². The summed E-state index contributed by atoms with van der Waals surface area (Å²) < 4.78 is 28.1. The van der Waals surface area contributed by atoms with Crippen LogP contribution in [0, 0.1) is 10.1 Å². The van der Waals surface area contributed by atoms with Gasteiger partial charge in [-0.1, -0.05) is 42.5 Å². The second-order valence-corrected chi connectivity index (χ2v) is 11.0. The second kappa shape index (κ2) is 15.3. The maximum absolute atomic E-state index is 14.4. The number of dihydropyridines is 1. The standard InChI is InChI=1S/C35H39N3O9/c1-21-30(34(39)46-7)32(24-14-11-15-26(16-24)38(41)42)31(22(2)36-21)35(40)47-29(20-37(3)19-23-12-9-8-10-13-23)25-17-27(43-4)33(45-6)28(18-25)44-5/h8-18,29,32,36H,19-20H2,1-7H3. The van der Waals surface area contributed by atoms with Crippen molar-refractivity contribution in [2.75, 3.05) is 42.0 Å². The van der Waals surface area contributed by atoms with Gasteiger partial charge in [-0.25, -0.2) is 9.59 Å². The molecule has 0 aliphatic carbocycles. The van der Waals surface area contributed by atoms with Crippen LogP contribution in [0.2, 0.25) is 0 Å². The fraction of sp³-hybridized carbons (Fsp3) is 0.314. The number of nitrogens with zero attached hydrogens (tertiary/aromatic N) is 2. The lowest BCUT2D eigenvalue weighted by atomic mass is 9.80. The van der Waals surface area contributed by atoms with E-state index in [9.17, 15) is 19.7 Å². The van der Waals surface area contributed by atoms with Gasteiger partial charge in [0.2, 0.25) is 5.75 Å². The lowest BCUT2D eigenvalue weighted by Crippen LogP contribution is -2.34. The summed E-state index contributed by atoms with van der Waals surface area (Å²) in [5.74, 6) is -1.29. The summed E-state index contributed by atoms with van der Waals surface area (Å²) in [5, 5.41) is 14.8. The van der Waals surface area contributed by atoms with E-state index in [2.05, 4.69) is 5.32 Å². The molecule has 2 unspecified atom stereocenters. The number of nitro benzene ring substituents is 1. The number of carbonyl (C=O) groups is 2. The third kappa shape index (κ3) is 7.72. The summed E-state index contributed by atoms with van der Waals surface area (Å²) in [6.07, 6.45) is -0.857. The fourth-order valence-corrected chi connectivity index (χ4v) is 5.73. The second-order valence-electron chi connectivity index (χ2n) is 11.0. The van der Waals surface area contributed by atoms with Crippen molar-refractivity contribution in [1.29, 1.82) is 0 Å². The van der Waals surface area contributed by atoms with E-state index in [1.807, 2.05) is 42.3 Å². The number of benzene rings is 3. The van der Waals surface area contributed by atoms with Gasteiger partial charge in [0.05, 0.1) is 50.4 Å². The minimum Gasteiger partial charge on any atom is -0.493 e. The molecule has 0 fully saturated rings. The third-order valence-corrected chi connectivity index (χ3v) is 7.88. The Morgan fingerprint density at radius 2 is 1.49 bits per heavy atom. The van der Waals surface area contributed by atoms with E-state index < -0.39 is 28.9 Å². The summed E-state index contributed by atoms with van der Waals surface area (Å²) in [7, 11) is 7.64. The first-order chi connectivity index (χ1) is 22.5. The number of hydrogen-bond acceptors (Lipinski definition) is 11. The minimum atomic E-state index is -1.02. The smallest absolute Gasteiger partial charge is 0.337 e. The zero-order valence-electron chi connectivity index (χ0n) is 27.5. The fourth-order valence-electron chi connectivity index (χ4n) is 5.73. The van der Waals surface area contributed by atoms with Crippen LogP contribution >= 0.6 is 0 Å². The minimum absolute atomic E-state index is 0.111. The molecule has 1 heterocycles. The SMILES string of the molecule is COC(=O)C1=C(C)NC(C)=C(C(=O)OC(CN(C)Cc2ccccc2)c2cc(OC)c(OC)c(OC)c2)C1c1cccc([N+](=O)[O-])c1. The topological polar surface area (TPSA) is 139 Å². The average Bonchev–Trinajstić information content (AvgIpc) is 3.06. The molecule has 3 aromatic carbocycles. The predicted octanol–water partition coefficient (Wildman–Crippen LogP) is 5.44. The Hall–Kier alpha value is -5.36. The van der Waals surface area contributed by atoms with Gasteiger partial charge in [-0.05, 0) is 44.2 Å². The molecule has 2 atom stereocenters. The molecule has 4 rings (SSSR count). The Morgan fingerprint density at radius 1 is 0.872 bits per heavy atom. The summed E-state index contributed by atoms with van der Waals surface area (Å²) in [6.45, 7) is 4.19. The molecule has 0 aromatic heterocycles. The van der Waals surface area contributed by atoms with Crippen LogP contribution in [-0.2, 0) is 25.6 Å². The van der Waals surface area contributed by atoms with E-state index >= 15 is 0 Å². The third-order valence-electron chi connectivity index (χ3n) is 7.88. The van der Waals surface area contributed by atoms with Gasteiger partial charge in [-0.2, -0.15) is 0 Å². The quantitative estimate of drug-likeness (QED) is 0.144. The highest BCUT2D eigenvalue weighted by atomic mass is 16.6. The molecule has 0 saturated heterocycles. The number of nitrogens with one attached hydrogen (secondary N) is 1. The van der Waals surface area contributed by atoms with Crippen LogP contribution in [0.1, 0.15) is 42.6 Å². The van der Waals surface area contributed by atoms with Gasteiger partial charge >= 0.3 is 11.9 Å². The Balaban J connectivity index is 1.81. The van der Waals surface area contributed by atoms with Gasteiger partial charge in [0.1, 0.15) is 6.10 Å². The van der Waals surface area contributed by atoms with E-state index in [1.165, 1.54) is 46.6 Å². The number of non-ortho nitro benzene ring substituents is 1.